The molecule has 5 heterocycles. The van der Waals surface area contributed by atoms with Crippen molar-refractivity contribution in [3.8, 4) is 23.1 Å². The molecule has 2 bridgehead atoms. The number of carbonyl (C=O) groups excluding carboxylic acids is 1. The number of ether oxygens (including phenoxy) is 1. The van der Waals surface area contributed by atoms with Crippen molar-refractivity contribution in [3.05, 3.63) is 53.4 Å². The van der Waals surface area contributed by atoms with Crippen LogP contribution in [0, 0.1) is 17.1 Å². The average Bonchev–Trinajstić information content (AvgIpc) is 3.45. The molecule has 5 N–H and O–H groups in total. The molecule has 4 aromatic heterocycles. The van der Waals surface area contributed by atoms with Crippen molar-refractivity contribution in [2.45, 2.75) is 26.0 Å². The Morgan fingerprint density at radius 1 is 1.32 bits per heavy atom. The van der Waals surface area contributed by atoms with Gasteiger partial charge in [-0.3, -0.25) is 4.79 Å². The molecule has 172 valence electrons. The van der Waals surface area contributed by atoms with Gasteiger partial charge in [0.2, 0.25) is 5.88 Å². The van der Waals surface area contributed by atoms with Crippen LogP contribution in [0.3, 0.4) is 0 Å². The SMILES string of the molecule is CC1CNC(=O)c2cnn3c(N)c(-c4c[nH]c(C#N)c4)c(nc23)NC(C)c2cc(F)cnc2O1. The molecule has 1 amide bonds. The maximum Gasteiger partial charge on any atom is 0.256 e. The number of hydrogen-bond acceptors (Lipinski definition) is 8. The van der Waals surface area contributed by atoms with Crippen molar-refractivity contribution in [3.63, 3.8) is 0 Å². The molecule has 0 spiro atoms. The number of pyridine rings is 1. The summed E-state index contributed by atoms with van der Waals surface area (Å²) in [4.78, 5) is 24.5. The molecule has 0 saturated carbocycles. The van der Waals surface area contributed by atoms with Crippen LogP contribution < -0.4 is 21.1 Å². The van der Waals surface area contributed by atoms with E-state index in [9.17, 15) is 14.4 Å². The fourth-order valence-corrected chi connectivity index (χ4v) is 3.87. The van der Waals surface area contributed by atoms with E-state index in [2.05, 4.69) is 30.7 Å². The molecule has 5 rings (SSSR count). The number of aromatic amines is 1. The predicted octanol–water partition coefficient (Wildman–Crippen LogP) is 2.40. The van der Waals surface area contributed by atoms with Gasteiger partial charge in [-0.2, -0.15) is 14.9 Å². The lowest BCUT2D eigenvalue weighted by Gasteiger charge is -2.22. The number of anilines is 2. The summed E-state index contributed by atoms with van der Waals surface area (Å²) >= 11 is 0. The van der Waals surface area contributed by atoms with Crippen molar-refractivity contribution in [2.75, 3.05) is 17.6 Å². The van der Waals surface area contributed by atoms with E-state index in [0.29, 0.717) is 28.2 Å². The standard InChI is InChI=1S/C22H20FN9O2/c1-10-6-27-21(33)16-9-29-32-18(25)17(12-3-14(5-24)26-7-12)19(31-20(16)32)30-11(2)15-4-13(23)8-28-22(15)34-10/h3-4,7-11,26H,6,25H2,1-2H3,(H,27,33)(H,30,31). The summed E-state index contributed by atoms with van der Waals surface area (Å²) in [6.07, 6.45) is 3.64. The van der Waals surface area contributed by atoms with Gasteiger partial charge >= 0.3 is 0 Å². The predicted molar refractivity (Wildman–Crippen MR) is 121 cm³/mol. The fraction of sp³-hybridized carbons (Fsp3) is 0.227. The van der Waals surface area contributed by atoms with Crippen LogP contribution in [0.4, 0.5) is 16.0 Å². The van der Waals surface area contributed by atoms with E-state index < -0.39 is 23.9 Å². The lowest BCUT2D eigenvalue weighted by Crippen LogP contribution is -2.34. The molecule has 1 aliphatic rings. The first kappa shape index (κ1) is 21.2. The van der Waals surface area contributed by atoms with Gasteiger partial charge in [-0.05, 0) is 26.0 Å². The molecular weight excluding hydrogens is 441 g/mol. The summed E-state index contributed by atoms with van der Waals surface area (Å²) in [6.45, 7) is 3.75. The van der Waals surface area contributed by atoms with Gasteiger partial charge in [0.25, 0.3) is 5.91 Å². The third-order valence-electron chi connectivity index (χ3n) is 5.55. The number of nitrogens with two attached hydrogens (primary N) is 1. The third kappa shape index (κ3) is 3.53. The van der Waals surface area contributed by atoms with Crippen LogP contribution in [0.25, 0.3) is 16.8 Å². The van der Waals surface area contributed by atoms with Gasteiger partial charge in [0, 0.05) is 17.3 Å². The number of aromatic nitrogens is 5. The summed E-state index contributed by atoms with van der Waals surface area (Å²) in [5.74, 6) is -0.164. The number of nitrogens with zero attached hydrogens (tertiary/aromatic N) is 5. The van der Waals surface area contributed by atoms with Gasteiger partial charge in [-0.25, -0.2) is 14.4 Å². The van der Waals surface area contributed by atoms with Crippen molar-refractivity contribution in [2.24, 2.45) is 0 Å². The zero-order chi connectivity index (χ0) is 24.0. The first-order chi connectivity index (χ1) is 16.4. The van der Waals surface area contributed by atoms with Crippen LogP contribution >= 0.6 is 0 Å². The third-order valence-corrected chi connectivity index (χ3v) is 5.55. The van der Waals surface area contributed by atoms with E-state index in [1.165, 1.54) is 16.8 Å². The first-order valence-corrected chi connectivity index (χ1v) is 10.5. The summed E-state index contributed by atoms with van der Waals surface area (Å²) < 4.78 is 21.4. The van der Waals surface area contributed by atoms with E-state index in [0.717, 1.165) is 6.20 Å². The zero-order valence-electron chi connectivity index (χ0n) is 18.3. The van der Waals surface area contributed by atoms with Crippen LogP contribution in [0.1, 0.15) is 41.5 Å². The maximum absolute atomic E-state index is 14.1. The highest BCUT2D eigenvalue weighted by molar-refractivity contribution is 6.01. The van der Waals surface area contributed by atoms with Crippen LogP contribution in [-0.2, 0) is 0 Å². The van der Waals surface area contributed by atoms with Crippen molar-refractivity contribution in [1.29, 1.82) is 5.26 Å². The molecule has 2 unspecified atom stereocenters. The highest BCUT2D eigenvalue weighted by Crippen LogP contribution is 2.37. The monoisotopic (exact) mass is 461 g/mol. The first-order valence-electron chi connectivity index (χ1n) is 10.5. The van der Waals surface area contributed by atoms with Crippen LogP contribution in [0.5, 0.6) is 5.88 Å². The van der Waals surface area contributed by atoms with Crippen molar-refractivity contribution < 1.29 is 13.9 Å². The average molecular weight is 461 g/mol. The Hall–Kier alpha value is -4.66. The Bertz CT molecular complexity index is 1470. The Morgan fingerprint density at radius 2 is 2.15 bits per heavy atom. The van der Waals surface area contributed by atoms with Crippen molar-refractivity contribution in [1.82, 2.24) is 29.9 Å². The van der Waals surface area contributed by atoms with Gasteiger partial charge in [0.15, 0.2) is 5.65 Å². The zero-order valence-corrected chi connectivity index (χ0v) is 18.3. The fourth-order valence-electron chi connectivity index (χ4n) is 3.87. The number of halogens is 1. The molecule has 11 nitrogen and oxygen atoms in total. The smallest absolute Gasteiger partial charge is 0.256 e. The van der Waals surface area contributed by atoms with Crippen molar-refractivity contribution >= 4 is 23.2 Å². The number of nitrogen functional groups attached to an aromatic ring is 1. The molecule has 0 radical (unpaired) electrons. The van der Waals surface area contributed by atoms with Crippen LogP contribution in [0.15, 0.2) is 30.7 Å². The second-order valence-electron chi connectivity index (χ2n) is 7.98. The largest absolute Gasteiger partial charge is 0.473 e. The number of amides is 1. The topological polar surface area (TPSA) is 159 Å². The minimum Gasteiger partial charge on any atom is -0.473 e. The number of nitrogens with one attached hydrogen (secondary N) is 3. The van der Waals surface area contributed by atoms with Crippen LogP contribution in [0.2, 0.25) is 0 Å². The highest BCUT2D eigenvalue weighted by Gasteiger charge is 2.25. The molecule has 34 heavy (non-hydrogen) atoms. The summed E-state index contributed by atoms with van der Waals surface area (Å²) in [5.41, 5.74) is 8.81. The number of hydrogen-bond donors (Lipinski definition) is 4. The van der Waals surface area contributed by atoms with Gasteiger partial charge < -0.3 is 26.1 Å². The number of fused-ring (bicyclic) bond motifs is 2. The van der Waals surface area contributed by atoms with Gasteiger partial charge in [-0.15, -0.1) is 0 Å². The molecule has 0 aliphatic carbocycles. The van der Waals surface area contributed by atoms with Gasteiger partial charge in [-0.1, -0.05) is 0 Å². The van der Waals surface area contributed by atoms with Gasteiger partial charge in [0.1, 0.15) is 40.9 Å². The summed E-state index contributed by atoms with van der Waals surface area (Å²) in [6, 6.07) is 4.49. The maximum atomic E-state index is 14.1. The lowest BCUT2D eigenvalue weighted by atomic mass is 10.1. The minimum atomic E-state index is -0.521. The number of nitriles is 1. The molecule has 0 aromatic carbocycles. The molecule has 4 aromatic rings. The van der Waals surface area contributed by atoms with E-state index in [1.807, 2.05) is 6.07 Å². The van der Waals surface area contributed by atoms with Crippen LogP contribution in [-0.4, -0.2) is 43.1 Å². The second-order valence-corrected chi connectivity index (χ2v) is 7.98. The van der Waals surface area contributed by atoms with E-state index in [4.69, 9.17) is 10.5 Å². The van der Waals surface area contributed by atoms with E-state index in [1.54, 1.807) is 26.1 Å². The van der Waals surface area contributed by atoms with E-state index >= 15 is 0 Å². The minimum absolute atomic E-state index is 0.178. The normalized spacial score (nSPS) is 18.0. The quantitative estimate of drug-likeness (QED) is 0.336. The molecule has 0 saturated heterocycles. The number of rotatable bonds is 1. The Kier molecular flexibility index (Phi) is 5.01. The molecule has 12 heteroatoms. The lowest BCUT2D eigenvalue weighted by molar-refractivity contribution is 0.0932. The van der Waals surface area contributed by atoms with Gasteiger partial charge in [0.05, 0.1) is 30.5 Å². The Morgan fingerprint density at radius 3 is 2.91 bits per heavy atom. The molecular formula is C22H20FN9O2. The second kappa shape index (κ2) is 8.04. The van der Waals surface area contributed by atoms with E-state index in [-0.39, 0.29) is 29.5 Å². The Balaban J connectivity index is 1.75. The molecule has 1 aliphatic heterocycles. The Labute approximate surface area is 192 Å². The summed E-state index contributed by atoms with van der Waals surface area (Å²) in [7, 11) is 0. The molecule has 0 fully saturated rings. The number of carbonyl (C=O) groups is 1. The molecule has 2 atom stereocenters. The summed E-state index contributed by atoms with van der Waals surface area (Å²) in [5, 5.41) is 19.5. The number of H-pyrrole nitrogens is 1. The highest BCUT2D eigenvalue weighted by atomic mass is 19.1.